The van der Waals surface area contributed by atoms with E-state index in [1.807, 2.05) is 0 Å². The third kappa shape index (κ3) is 4.74. The fourth-order valence-electron chi connectivity index (χ4n) is 1.86. The molecule has 6 nitrogen and oxygen atoms in total. The average Bonchev–Trinajstić information content (AvgIpc) is 2.98. The third-order valence-electron chi connectivity index (χ3n) is 2.88. The molecule has 1 heterocycles. The van der Waals surface area contributed by atoms with Crippen LogP contribution in [0.25, 0.3) is 0 Å². The molecule has 0 saturated heterocycles. The van der Waals surface area contributed by atoms with Crippen LogP contribution in [0.3, 0.4) is 0 Å². The first-order chi connectivity index (χ1) is 10.7. The predicted octanol–water partition coefficient (Wildman–Crippen LogP) is 1.63. The van der Waals surface area contributed by atoms with Crippen LogP contribution in [0.5, 0.6) is 0 Å². The second kappa shape index (κ2) is 6.95. The molecule has 0 spiro atoms. The van der Waals surface area contributed by atoms with Gasteiger partial charge in [-0.15, -0.1) is 11.3 Å². The van der Waals surface area contributed by atoms with E-state index in [0.717, 1.165) is 34.0 Å². The molecule has 23 heavy (non-hydrogen) atoms. The lowest BCUT2D eigenvalue weighted by atomic mass is 10.3. The molecular formula is C13H15FN2O4S3. The van der Waals surface area contributed by atoms with Crippen molar-refractivity contribution < 1.29 is 21.2 Å². The van der Waals surface area contributed by atoms with Crippen molar-refractivity contribution in [2.75, 3.05) is 23.7 Å². The Morgan fingerprint density at radius 1 is 1.13 bits per heavy atom. The highest BCUT2D eigenvalue weighted by atomic mass is 32.2. The molecule has 0 aliphatic heterocycles. The van der Waals surface area contributed by atoms with Crippen molar-refractivity contribution in [2.45, 2.75) is 4.21 Å². The lowest BCUT2D eigenvalue weighted by molar-refractivity contribution is 0.580. The maximum atomic E-state index is 13.0. The number of nitrogens with one attached hydrogen (secondary N) is 1. The summed E-state index contributed by atoms with van der Waals surface area (Å²) in [5.41, 5.74) is 0.268. The number of halogens is 1. The monoisotopic (exact) mass is 378 g/mol. The summed E-state index contributed by atoms with van der Waals surface area (Å²) in [6.45, 7) is -0.209. The number of thiophene rings is 1. The minimum absolute atomic E-state index is 0.102. The van der Waals surface area contributed by atoms with Crippen LogP contribution in [0.15, 0.2) is 46.0 Å². The van der Waals surface area contributed by atoms with Crippen molar-refractivity contribution in [1.82, 2.24) is 4.72 Å². The van der Waals surface area contributed by atoms with Gasteiger partial charge in [0.15, 0.2) is 0 Å². The lowest BCUT2D eigenvalue weighted by Gasteiger charge is -2.22. The Labute approximate surface area is 138 Å². The van der Waals surface area contributed by atoms with Gasteiger partial charge in [0.2, 0.25) is 20.0 Å². The normalized spacial score (nSPS) is 12.3. The van der Waals surface area contributed by atoms with E-state index in [1.54, 1.807) is 11.4 Å². The largest absolute Gasteiger partial charge is 0.269 e. The number of hydrogen-bond donors (Lipinski definition) is 1. The molecule has 0 bridgehead atoms. The summed E-state index contributed by atoms with van der Waals surface area (Å²) in [7, 11) is -7.28. The average molecular weight is 378 g/mol. The smallest absolute Gasteiger partial charge is 0.250 e. The van der Waals surface area contributed by atoms with Crippen LogP contribution < -0.4 is 9.03 Å². The van der Waals surface area contributed by atoms with Gasteiger partial charge in [-0.05, 0) is 35.7 Å². The van der Waals surface area contributed by atoms with E-state index in [-0.39, 0.29) is 23.0 Å². The Kier molecular flexibility index (Phi) is 5.40. The molecule has 0 atom stereocenters. The zero-order valence-electron chi connectivity index (χ0n) is 12.1. The van der Waals surface area contributed by atoms with Gasteiger partial charge < -0.3 is 0 Å². The molecule has 0 amide bonds. The van der Waals surface area contributed by atoms with Gasteiger partial charge >= 0.3 is 0 Å². The molecule has 2 aromatic rings. The molecule has 126 valence electrons. The van der Waals surface area contributed by atoms with Crippen molar-refractivity contribution >= 4 is 37.1 Å². The molecule has 2 rings (SSSR count). The van der Waals surface area contributed by atoms with Gasteiger partial charge in [-0.3, -0.25) is 4.31 Å². The van der Waals surface area contributed by atoms with Gasteiger partial charge in [-0.2, -0.15) is 0 Å². The van der Waals surface area contributed by atoms with E-state index >= 15 is 0 Å². The summed E-state index contributed by atoms with van der Waals surface area (Å²) in [6.07, 6.45) is 1.00. The molecule has 0 saturated carbocycles. The first-order valence-corrected chi connectivity index (χ1v) is 10.7. The summed E-state index contributed by atoms with van der Waals surface area (Å²) in [5, 5.41) is 1.63. The molecule has 1 N–H and O–H groups in total. The van der Waals surface area contributed by atoms with Crippen LogP contribution in [0, 0.1) is 5.82 Å². The van der Waals surface area contributed by atoms with Gasteiger partial charge in [0, 0.05) is 13.1 Å². The van der Waals surface area contributed by atoms with Crippen molar-refractivity contribution in [1.29, 1.82) is 0 Å². The number of anilines is 1. The van der Waals surface area contributed by atoms with Crippen molar-refractivity contribution in [3.63, 3.8) is 0 Å². The Hall–Kier alpha value is -1.49. The second-order valence-electron chi connectivity index (χ2n) is 4.64. The van der Waals surface area contributed by atoms with Gasteiger partial charge in [-0.1, -0.05) is 6.07 Å². The third-order valence-corrected chi connectivity index (χ3v) is 6.93. The Bertz CT molecular complexity index is 847. The van der Waals surface area contributed by atoms with Crippen LogP contribution in [-0.4, -0.2) is 36.2 Å². The molecule has 1 aromatic carbocycles. The van der Waals surface area contributed by atoms with Crippen molar-refractivity contribution in [2.24, 2.45) is 0 Å². The first-order valence-electron chi connectivity index (χ1n) is 6.46. The Morgan fingerprint density at radius 2 is 1.78 bits per heavy atom. The van der Waals surface area contributed by atoms with Crippen LogP contribution >= 0.6 is 11.3 Å². The van der Waals surface area contributed by atoms with Crippen LogP contribution in [0.4, 0.5) is 10.1 Å². The van der Waals surface area contributed by atoms with Crippen molar-refractivity contribution in [3.8, 4) is 0 Å². The van der Waals surface area contributed by atoms with Crippen LogP contribution in [-0.2, 0) is 20.0 Å². The summed E-state index contributed by atoms with van der Waals surface area (Å²) >= 11 is 1.07. The zero-order valence-corrected chi connectivity index (χ0v) is 14.6. The molecule has 0 unspecified atom stereocenters. The first kappa shape index (κ1) is 17.9. The maximum absolute atomic E-state index is 13.0. The van der Waals surface area contributed by atoms with Gasteiger partial charge in [0.25, 0.3) is 0 Å². The highest BCUT2D eigenvalue weighted by Gasteiger charge is 2.19. The molecule has 1 aromatic heterocycles. The highest BCUT2D eigenvalue weighted by Crippen LogP contribution is 2.18. The molecule has 0 aliphatic rings. The molecular weight excluding hydrogens is 363 g/mol. The Morgan fingerprint density at radius 3 is 2.30 bits per heavy atom. The number of benzene rings is 1. The number of hydrogen-bond acceptors (Lipinski definition) is 5. The molecule has 10 heteroatoms. The van der Waals surface area contributed by atoms with Gasteiger partial charge in [-0.25, -0.2) is 25.9 Å². The number of nitrogens with zero attached hydrogens (tertiary/aromatic N) is 1. The summed E-state index contributed by atoms with van der Waals surface area (Å²) in [5.74, 6) is -0.486. The minimum atomic E-state index is -3.66. The molecule has 0 aliphatic carbocycles. The van der Waals surface area contributed by atoms with Gasteiger partial charge in [0.1, 0.15) is 10.0 Å². The standard InChI is InChI=1S/C13H15FN2O4S3/c1-22(17,18)16(12-6-4-11(14)5-7-12)9-8-15-23(19,20)13-3-2-10-21-13/h2-7,10,15H,8-9H2,1H3. The number of rotatable bonds is 7. The summed E-state index contributed by atoms with van der Waals surface area (Å²) in [4.78, 5) is 0. The fourth-order valence-corrected chi connectivity index (χ4v) is 4.85. The SMILES string of the molecule is CS(=O)(=O)N(CCNS(=O)(=O)c1cccs1)c1ccc(F)cc1. The molecule has 0 radical (unpaired) electrons. The van der Waals surface area contributed by atoms with Crippen molar-refractivity contribution in [3.05, 3.63) is 47.6 Å². The fraction of sp³-hybridized carbons (Fsp3) is 0.231. The molecule has 0 fully saturated rings. The highest BCUT2D eigenvalue weighted by molar-refractivity contribution is 7.92. The lowest BCUT2D eigenvalue weighted by Crippen LogP contribution is -2.38. The van der Waals surface area contributed by atoms with Crippen LogP contribution in [0.2, 0.25) is 0 Å². The minimum Gasteiger partial charge on any atom is -0.269 e. The predicted molar refractivity (Wildman–Crippen MR) is 88.1 cm³/mol. The van der Waals surface area contributed by atoms with E-state index in [2.05, 4.69) is 4.72 Å². The summed E-state index contributed by atoms with van der Waals surface area (Å²) < 4.78 is 64.2. The van der Waals surface area contributed by atoms with E-state index < -0.39 is 25.9 Å². The van der Waals surface area contributed by atoms with E-state index in [0.29, 0.717) is 0 Å². The maximum Gasteiger partial charge on any atom is 0.250 e. The topological polar surface area (TPSA) is 83.6 Å². The van der Waals surface area contributed by atoms with Gasteiger partial charge in [0.05, 0.1) is 11.9 Å². The second-order valence-corrected chi connectivity index (χ2v) is 9.49. The number of sulfonamides is 2. The Balaban J connectivity index is 2.10. The zero-order chi connectivity index (χ0) is 17.1. The van der Waals surface area contributed by atoms with E-state index in [1.165, 1.54) is 18.2 Å². The summed E-state index contributed by atoms with van der Waals surface area (Å²) in [6, 6.07) is 8.00. The van der Waals surface area contributed by atoms with Crippen LogP contribution in [0.1, 0.15) is 0 Å². The quantitative estimate of drug-likeness (QED) is 0.794. The van der Waals surface area contributed by atoms with E-state index in [4.69, 9.17) is 0 Å². The van der Waals surface area contributed by atoms with E-state index in [9.17, 15) is 21.2 Å².